The smallest absolute Gasteiger partial charge is 0.274 e. The number of likely N-dealkylation sites (tertiary alicyclic amines) is 1. The largest absolute Gasteiger partial charge is 0.379 e. The van der Waals surface area contributed by atoms with E-state index >= 15 is 0 Å². The second-order valence-electron chi connectivity index (χ2n) is 6.87. The summed E-state index contributed by atoms with van der Waals surface area (Å²) in [5.74, 6) is 0.405. The Bertz CT molecular complexity index is 654. The van der Waals surface area contributed by atoms with E-state index in [9.17, 15) is 9.59 Å². The van der Waals surface area contributed by atoms with Crippen LogP contribution in [0.15, 0.2) is 16.9 Å². The number of hydrogen-bond acceptors (Lipinski definition) is 5. The number of carbonyl (C=O) groups excluding carboxylic acids is 1. The molecule has 7 heteroatoms. The first kappa shape index (κ1) is 18.1. The summed E-state index contributed by atoms with van der Waals surface area (Å²) in [6.07, 6.45) is 1.86. The van der Waals surface area contributed by atoms with E-state index < -0.39 is 0 Å². The van der Waals surface area contributed by atoms with Gasteiger partial charge < -0.3 is 9.64 Å². The first-order valence-electron chi connectivity index (χ1n) is 9.33. The predicted octanol–water partition coefficient (Wildman–Crippen LogP) is 0.836. The van der Waals surface area contributed by atoms with Gasteiger partial charge in [0, 0.05) is 44.8 Å². The number of nitrogens with zero attached hydrogens (tertiary/aromatic N) is 4. The van der Waals surface area contributed by atoms with Crippen molar-refractivity contribution in [2.75, 3.05) is 39.4 Å². The van der Waals surface area contributed by atoms with Crippen molar-refractivity contribution in [2.24, 2.45) is 5.92 Å². The van der Waals surface area contributed by atoms with Crippen LogP contribution < -0.4 is 5.56 Å². The monoisotopic (exact) mass is 348 g/mol. The molecule has 138 valence electrons. The maximum atomic E-state index is 12.9. The standard InChI is InChI=1S/C18H28N4O3/c1-3-7-22-17(23)6-5-15(19-22)18(24)21-12-14(4-2)16(13-21)20-8-10-25-11-9-20/h5-6,14,16H,3-4,7-13H2,1-2H3. The van der Waals surface area contributed by atoms with Crippen LogP contribution in [0.1, 0.15) is 37.2 Å². The molecule has 0 aromatic carbocycles. The fourth-order valence-corrected chi connectivity index (χ4v) is 3.84. The summed E-state index contributed by atoms with van der Waals surface area (Å²) in [5.41, 5.74) is 0.211. The minimum absolute atomic E-state index is 0.0703. The maximum Gasteiger partial charge on any atom is 0.274 e. The Morgan fingerprint density at radius 2 is 2.00 bits per heavy atom. The highest BCUT2D eigenvalue weighted by molar-refractivity contribution is 5.92. The lowest BCUT2D eigenvalue weighted by molar-refractivity contribution is 0.0102. The highest BCUT2D eigenvalue weighted by atomic mass is 16.5. The second-order valence-corrected chi connectivity index (χ2v) is 6.87. The molecule has 2 fully saturated rings. The molecule has 0 aliphatic carbocycles. The summed E-state index contributed by atoms with van der Waals surface area (Å²) in [7, 11) is 0. The van der Waals surface area contributed by atoms with E-state index in [4.69, 9.17) is 4.74 Å². The molecule has 25 heavy (non-hydrogen) atoms. The Morgan fingerprint density at radius 3 is 2.68 bits per heavy atom. The Kier molecular flexibility index (Phi) is 5.86. The third kappa shape index (κ3) is 3.93. The molecular weight excluding hydrogens is 320 g/mol. The number of aromatic nitrogens is 2. The van der Waals surface area contributed by atoms with Gasteiger partial charge in [-0.3, -0.25) is 14.5 Å². The summed E-state index contributed by atoms with van der Waals surface area (Å²) in [5, 5.41) is 4.27. The van der Waals surface area contributed by atoms with Crippen LogP contribution in [0.25, 0.3) is 0 Å². The number of aryl methyl sites for hydroxylation is 1. The minimum atomic E-state index is -0.155. The van der Waals surface area contributed by atoms with Crippen molar-refractivity contribution >= 4 is 5.91 Å². The fraction of sp³-hybridized carbons (Fsp3) is 0.722. The van der Waals surface area contributed by atoms with Gasteiger partial charge in [0.1, 0.15) is 5.69 Å². The van der Waals surface area contributed by atoms with Gasteiger partial charge in [-0.25, -0.2) is 4.68 Å². The third-order valence-corrected chi connectivity index (χ3v) is 5.25. The van der Waals surface area contributed by atoms with Crippen LogP contribution in [0.4, 0.5) is 0 Å². The lowest BCUT2D eigenvalue weighted by atomic mass is 9.99. The molecule has 1 aromatic heterocycles. The Balaban J connectivity index is 1.74. The van der Waals surface area contributed by atoms with Crippen LogP contribution in [0.5, 0.6) is 0 Å². The van der Waals surface area contributed by atoms with Crippen molar-refractivity contribution in [2.45, 2.75) is 39.3 Å². The van der Waals surface area contributed by atoms with Crippen molar-refractivity contribution in [3.63, 3.8) is 0 Å². The van der Waals surface area contributed by atoms with Gasteiger partial charge in [-0.1, -0.05) is 20.3 Å². The van der Waals surface area contributed by atoms with Crippen molar-refractivity contribution in [1.82, 2.24) is 19.6 Å². The highest BCUT2D eigenvalue weighted by Gasteiger charge is 2.38. The molecule has 0 spiro atoms. The van der Waals surface area contributed by atoms with Gasteiger partial charge >= 0.3 is 0 Å². The molecular formula is C18H28N4O3. The van der Waals surface area contributed by atoms with Crippen molar-refractivity contribution < 1.29 is 9.53 Å². The molecule has 0 N–H and O–H groups in total. The molecule has 0 saturated carbocycles. The van der Waals surface area contributed by atoms with Gasteiger partial charge in [0.05, 0.1) is 13.2 Å². The predicted molar refractivity (Wildman–Crippen MR) is 94.7 cm³/mol. The molecule has 1 aromatic rings. The second kappa shape index (κ2) is 8.10. The molecule has 2 aliphatic rings. The van der Waals surface area contributed by atoms with E-state index in [1.54, 1.807) is 6.07 Å². The third-order valence-electron chi connectivity index (χ3n) is 5.25. The SMILES string of the molecule is CCCn1nc(C(=O)N2CC(CC)C(N3CCOCC3)C2)ccc1=O. The molecule has 3 heterocycles. The summed E-state index contributed by atoms with van der Waals surface area (Å²) < 4.78 is 6.84. The number of hydrogen-bond donors (Lipinski definition) is 0. The van der Waals surface area contributed by atoms with Crippen LogP contribution >= 0.6 is 0 Å². The van der Waals surface area contributed by atoms with Gasteiger partial charge in [-0.15, -0.1) is 0 Å². The van der Waals surface area contributed by atoms with Crippen LogP contribution in [0.3, 0.4) is 0 Å². The zero-order valence-electron chi connectivity index (χ0n) is 15.2. The Labute approximate surface area is 148 Å². The fourth-order valence-electron chi connectivity index (χ4n) is 3.84. The van der Waals surface area contributed by atoms with Crippen LogP contribution in [0, 0.1) is 5.92 Å². The molecule has 7 nitrogen and oxygen atoms in total. The molecule has 2 aliphatic heterocycles. The maximum absolute atomic E-state index is 12.9. The molecule has 1 amide bonds. The molecule has 3 rings (SSSR count). The van der Waals surface area contributed by atoms with Crippen molar-refractivity contribution in [3.05, 3.63) is 28.2 Å². The van der Waals surface area contributed by atoms with Gasteiger partial charge in [-0.05, 0) is 18.4 Å². The van der Waals surface area contributed by atoms with Crippen LogP contribution in [0.2, 0.25) is 0 Å². The quantitative estimate of drug-likeness (QED) is 0.789. The van der Waals surface area contributed by atoms with Crippen LogP contribution in [-0.4, -0.2) is 70.9 Å². The van der Waals surface area contributed by atoms with E-state index in [0.29, 0.717) is 24.2 Å². The minimum Gasteiger partial charge on any atom is -0.379 e. The Morgan fingerprint density at radius 1 is 1.24 bits per heavy atom. The normalized spacial score (nSPS) is 24.6. The first-order valence-corrected chi connectivity index (χ1v) is 9.33. The zero-order valence-corrected chi connectivity index (χ0v) is 15.2. The number of rotatable bonds is 5. The Hall–Kier alpha value is -1.73. The summed E-state index contributed by atoms with van der Waals surface area (Å²) in [6, 6.07) is 3.39. The van der Waals surface area contributed by atoms with E-state index in [1.165, 1.54) is 10.7 Å². The van der Waals surface area contributed by atoms with Gasteiger partial charge in [0.25, 0.3) is 11.5 Å². The average molecular weight is 348 g/mol. The topological polar surface area (TPSA) is 67.7 Å². The highest BCUT2D eigenvalue weighted by Crippen LogP contribution is 2.26. The number of carbonyl (C=O) groups is 1. The van der Waals surface area contributed by atoms with Crippen molar-refractivity contribution in [3.8, 4) is 0 Å². The number of ether oxygens (including phenoxy) is 1. The molecule has 2 atom stereocenters. The zero-order chi connectivity index (χ0) is 17.8. The van der Waals surface area contributed by atoms with Crippen molar-refractivity contribution in [1.29, 1.82) is 0 Å². The van der Waals surface area contributed by atoms with E-state index in [1.807, 2.05) is 11.8 Å². The van der Waals surface area contributed by atoms with Crippen LogP contribution in [-0.2, 0) is 11.3 Å². The number of morpholine rings is 1. The first-order chi connectivity index (χ1) is 12.1. The molecule has 2 unspecified atom stereocenters. The van der Waals surface area contributed by atoms with Gasteiger partial charge in [-0.2, -0.15) is 5.10 Å². The summed E-state index contributed by atoms with van der Waals surface area (Å²) in [4.78, 5) is 29.1. The summed E-state index contributed by atoms with van der Waals surface area (Å²) in [6.45, 7) is 9.60. The number of amides is 1. The lowest BCUT2D eigenvalue weighted by Gasteiger charge is -2.34. The lowest BCUT2D eigenvalue weighted by Crippen LogP contribution is -2.47. The van der Waals surface area contributed by atoms with E-state index in [-0.39, 0.29) is 11.5 Å². The molecule has 2 saturated heterocycles. The van der Waals surface area contributed by atoms with E-state index in [2.05, 4.69) is 16.9 Å². The van der Waals surface area contributed by atoms with Gasteiger partial charge in [0.15, 0.2) is 0 Å². The molecule has 0 bridgehead atoms. The molecule has 0 radical (unpaired) electrons. The average Bonchev–Trinajstić information content (AvgIpc) is 3.08. The summed E-state index contributed by atoms with van der Waals surface area (Å²) >= 11 is 0. The van der Waals surface area contributed by atoms with Gasteiger partial charge in [0.2, 0.25) is 0 Å². The van der Waals surface area contributed by atoms with E-state index in [0.717, 1.165) is 52.2 Å².